The van der Waals surface area contributed by atoms with E-state index in [2.05, 4.69) is 20.8 Å². The van der Waals surface area contributed by atoms with Crippen LogP contribution in [0.2, 0.25) is 0 Å². The number of nitrogen functional groups attached to an aromatic ring is 1. The second-order valence-electron chi connectivity index (χ2n) is 7.79. The van der Waals surface area contributed by atoms with Crippen molar-refractivity contribution in [2.75, 3.05) is 5.73 Å². The molecule has 0 aliphatic rings. The van der Waals surface area contributed by atoms with E-state index in [9.17, 15) is 9.59 Å². The number of rotatable bonds is 12. The van der Waals surface area contributed by atoms with Crippen LogP contribution in [0, 0.1) is 0 Å². The van der Waals surface area contributed by atoms with Crippen LogP contribution in [-0.4, -0.2) is 11.6 Å². The fourth-order valence-electron chi connectivity index (χ4n) is 3.78. The van der Waals surface area contributed by atoms with Crippen LogP contribution < -0.4 is 5.73 Å². The normalized spacial score (nSPS) is 10.9. The predicted molar refractivity (Wildman–Crippen MR) is 122 cm³/mol. The highest BCUT2D eigenvalue weighted by Crippen LogP contribution is 2.31. The van der Waals surface area contributed by atoms with Crippen molar-refractivity contribution in [1.29, 1.82) is 0 Å². The summed E-state index contributed by atoms with van der Waals surface area (Å²) in [5.74, 6) is -0.979. The Hall–Kier alpha value is -2.42. The van der Waals surface area contributed by atoms with Crippen LogP contribution in [0.5, 0.6) is 0 Å². The summed E-state index contributed by atoms with van der Waals surface area (Å²) in [4.78, 5) is 25.9. The SMILES string of the molecule is CCCCc1cc(C(=O)C(=O)c2ccccc2)c(N)c(CCCC)c1CCCC. The van der Waals surface area contributed by atoms with Gasteiger partial charge < -0.3 is 5.73 Å². The van der Waals surface area contributed by atoms with Gasteiger partial charge in [-0.25, -0.2) is 0 Å². The van der Waals surface area contributed by atoms with Crippen LogP contribution >= 0.6 is 0 Å². The monoisotopic (exact) mass is 393 g/mol. The van der Waals surface area contributed by atoms with E-state index in [-0.39, 0.29) is 0 Å². The lowest BCUT2D eigenvalue weighted by Gasteiger charge is -2.20. The summed E-state index contributed by atoms with van der Waals surface area (Å²) in [6.07, 6.45) is 9.25. The number of hydrogen-bond donors (Lipinski definition) is 1. The van der Waals surface area contributed by atoms with Crippen LogP contribution in [0.4, 0.5) is 5.69 Å². The summed E-state index contributed by atoms with van der Waals surface area (Å²) < 4.78 is 0. The molecule has 0 atom stereocenters. The molecule has 0 radical (unpaired) electrons. The van der Waals surface area contributed by atoms with Crippen molar-refractivity contribution in [1.82, 2.24) is 0 Å². The third-order valence-electron chi connectivity index (χ3n) is 5.53. The minimum atomic E-state index is -0.494. The first-order valence-corrected chi connectivity index (χ1v) is 11.1. The standard InChI is InChI=1S/C26H35NO2/c1-4-7-13-20-18-23(26(29)25(28)19-14-11-10-12-15-19)24(27)22(17-9-6-3)21(20)16-8-5-2/h10-12,14-15,18H,4-9,13,16-17,27H2,1-3H3. The summed E-state index contributed by atoms with van der Waals surface area (Å²) in [5.41, 5.74) is 11.5. The largest absolute Gasteiger partial charge is 0.398 e. The summed E-state index contributed by atoms with van der Waals surface area (Å²) in [6, 6.07) is 10.7. The van der Waals surface area contributed by atoms with Gasteiger partial charge in [0, 0.05) is 16.8 Å². The first-order chi connectivity index (χ1) is 14.0. The van der Waals surface area contributed by atoms with Crippen LogP contribution in [0.3, 0.4) is 0 Å². The maximum atomic E-state index is 13.1. The lowest BCUT2D eigenvalue weighted by atomic mass is 9.85. The molecule has 156 valence electrons. The Kier molecular flexibility index (Phi) is 9.11. The second kappa shape index (κ2) is 11.5. The van der Waals surface area contributed by atoms with Gasteiger partial charge in [0.2, 0.25) is 11.6 Å². The van der Waals surface area contributed by atoms with Gasteiger partial charge in [-0.3, -0.25) is 9.59 Å². The third-order valence-corrected chi connectivity index (χ3v) is 5.53. The summed E-state index contributed by atoms with van der Waals surface area (Å²) in [5, 5.41) is 0. The van der Waals surface area contributed by atoms with E-state index in [1.54, 1.807) is 24.3 Å². The third kappa shape index (κ3) is 5.79. The van der Waals surface area contributed by atoms with Crippen LogP contribution in [0.15, 0.2) is 36.4 Å². The van der Waals surface area contributed by atoms with E-state index in [0.717, 1.165) is 63.4 Å². The summed E-state index contributed by atoms with van der Waals surface area (Å²) in [6.45, 7) is 6.52. The van der Waals surface area contributed by atoms with E-state index in [4.69, 9.17) is 5.73 Å². The molecule has 2 rings (SSSR count). The number of nitrogens with two attached hydrogens (primary N) is 1. The van der Waals surface area contributed by atoms with Gasteiger partial charge in [0.05, 0.1) is 0 Å². The number of carbonyl (C=O) groups is 2. The van der Waals surface area contributed by atoms with E-state index in [0.29, 0.717) is 16.8 Å². The molecule has 0 amide bonds. The Morgan fingerprint density at radius 3 is 1.90 bits per heavy atom. The number of carbonyl (C=O) groups excluding carboxylic acids is 2. The Labute approximate surface area is 175 Å². The van der Waals surface area contributed by atoms with Gasteiger partial charge >= 0.3 is 0 Å². The maximum Gasteiger partial charge on any atom is 0.235 e. The molecule has 0 aromatic heterocycles. The van der Waals surface area contributed by atoms with Crippen molar-refractivity contribution in [3.63, 3.8) is 0 Å². The van der Waals surface area contributed by atoms with E-state index in [1.807, 2.05) is 12.1 Å². The molecule has 2 aromatic rings. The molecule has 0 bridgehead atoms. The quantitative estimate of drug-likeness (QED) is 0.259. The maximum absolute atomic E-state index is 13.1. The van der Waals surface area contributed by atoms with Gasteiger partial charge in [-0.15, -0.1) is 0 Å². The molecular formula is C26H35NO2. The molecule has 0 saturated heterocycles. The number of unbranched alkanes of at least 4 members (excludes halogenated alkanes) is 3. The highest BCUT2D eigenvalue weighted by Gasteiger charge is 2.24. The lowest BCUT2D eigenvalue weighted by Crippen LogP contribution is -2.19. The van der Waals surface area contributed by atoms with Gasteiger partial charge in [-0.05, 0) is 61.3 Å². The smallest absolute Gasteiger partial charge is 0.235 e. The van der Waals surface area contributed by atoms with Crippen molar-refractivity contribution in [2.45, 2.75) is 78.6 Å². The number of hydrogen-bond acceptors (Lipinski definition) is 3. The van der Waals surface area contributed by atoms with Crippen molar-refractivity contribution in [3.8, 4) is 0 Å². The molecule has 0 aliphatic heterocycles. The van der Waals surface area contributed by atoms with Crippen LogP contribution in [0.25, 0.3) is 0 Å². The molecule has 3 nitrogen and oxygen atoms in total. The Balaban J connectivity index is 2.55. The Bertz CT molecular complexity index is 824. The number of benzene rings is 2. The minimum absolute atomic E-state index is 0.385. The first-order valence-electron chi connectivity index (χ1n) is 11.1. The zero-order valence-electron chi connectivity index (χ0n) is 18.2. The molecule has 0 aliphatic carbocycles. The Morgan fingerprint density at radius 2 is 1.31 bits per heavy atom. The number of anilines is 1. The van der Waals surface area contributed by atoms with E-state index < -0.39 is 11.6 Å². The average Bonchev–Trinajstić information content (AvgIpc) is 2.75. The van der Waals surface area contributed by atoms with Crippen molar-refractivity contribution in [2.24, 2.45) is 0 Å². The molecule has 0 heterocycles. The van der Waals surface area contributed by atoms with Gasteiger partial charge in [-0.2, -0.15) is 0 Å². The molecule has 2 N–H and O–H groups in total. The van der Waals surface area contributed by atoms with Crippen LogP contribution in [0.1, 0.15) is 96.7 Å². The fraction of sp³-hybridized carbons (Fsp3) is 0.462. The molecule has 29 heavy (non-hydrogen) atoms. The topological polar surface area (TPSA) is 60.2 Å². The Morgan fingerprint density at radius 1 is 0.759 bits per heavy atom. The van der Waals surface area contributed by atoms with Crippen molar-refractivity contribution in [3.05, 3.63) is 64.2 Å². The molecule has 0 fully saturated rings. The molecule has 0 saturated carbocycles. The van der Waals surface area contributed by atoms with Gasteiger partial charge in [0.25, 0.3) is 0 Å². The van der Waals surface area contributed by atoms with Crippen molar-refractivity contribution < 1.29 is 9.59 Å². The molecule has 3 heteroatoms. The second-order valence-corrected chi connectivity index (χ2v) is 7.79. The first kappa shape index (κ1) is 22.9. The molecular weight excluding hydrogens is 358 g/mol. The molecule has 0 unspecified atom stereocenters. The predicted octanol–water partition coefficient (Wildman–Crippen LogP) is 6.36. The average molecular weight is 394 g/mol. The zero-order valence-corrected chi connectivity index (χ0v) is 18.2. The summed E-state index contributed by atoms with van der Waals surface area (Å²) in [7, 11) is 0. The number of Topliss-reactive ketones (excluding diaryl/α,β-unsaturated/α-hetero) is 2. The van der Waals surface area contributed by atoms with Crippen molar-refractivity contribution >= 4 is 17.3 Å². The highest BCUT2D eigenvalue weighted by atomic mass is 16.2. The van der Waals surface area contributed by atoms with Gasteiger partial charge in [0.1, 0.15) is 0 Å². The molecule has 2 aromatic carbocycles. The zero-order chi connectivity index (χ0) is 21.2. The van der Waals surface area contributed by atoms with E-state index in [1.165, 1.54) is 11.1 Å². The number of aryl methyl sites for hydroxylation is 1. The molecule has 0 spiro atoms. The van der Waals surface area contributed by atoms with E-state index >= 15 is 0 Å². The number of ketones is 2. The highest BCUT2D eigenvalue weighted by molar-refractivity contribution is 6.50. The fourth-order valence-corrected chi connectivity index (χ4v) is 3.78. The minimum Gasteiger partial charge on any atom is -0.398 e. The van der Waals surface area contributed by atoms with Gasteiger partial charge in [0.15, 0.2) is 0 Å². The summed E-state index contributed by atoms with van der Waals surface area (Å²) >= 11 is 0. The lowest BCUT2D eigenvalue weighted by molar-refractivity contribution is 0.0817. The van der Waals surface area contributed by atoms with Crippen LogP contribution in [-0.2, 0) is 19.3 Å². The van der Waals surface area contributed by atoms with Gasteiger partial charge in [-0.1, -0.05) is 70.4 Å².